The zero-order chi connectivity index (χ0) is 48.5. The van der Waals surface area contributed by atoms with E-state index in [2.05, 4.69) is 10.2 Å². The van der Waals surface area contributed by atoms with Crippen molar-refractivity contribution < 1.29 is 50.1 Å². The van der Waals surface area contributed by atoms with Crippen LogP contribution in [-0.4, -0.2) is 99.3 Å². The molecule has 7 rings (SSSR count). The van der Waals surface area contributed by atoms with Crippen LogP contribution < -0.4 is 41.8 Å². The van der Waals surface area contributed by atoms with E-state index in [1.165, 1.54) is 55.2 Å². The van der Waals surface area contributed by atoms with E-state index in [1.54, 1.807) is 9.80 Å². The van der Waals surface area contributed by atoms with Crippen LogP contribution in [0.4, 0.5) is 38.0 Å². The number of aromatic nitrogens is 6. The van der Waals surface area contributed by atoms with Crippen molar-refractivity contribution in [3.05, 3.63) is 101 Å². The van der Waals surface area contributed by atoms with E-state index >= 15 is 0 Å². The summed E-state index contributed by atoms with van der Waals surface area (Å²) in [5, 5.41) is 8.51. The SMILES string of the molecule is CCOCCOCCn1nc(N2CCC(Oc3ccccc3C(F)(F)F)CC2)c(=O)n(C)c1=O.Cn1c(=O)c(N2CCC(Oc3ccccc3C(F)(F)F)CC2)nn(C2CCCCC2=O)c1=O. The quantitative estimate of drug-likeness (QED) is 0.125. The largest absolute Gasteiger partial charge is 0.490 e. The molecule has 0 bridgehead atoms. The van der Waals surface area contributed by atoms with Crippen LogP contribution in [0.15, 0.2) is 67.7 Å². The van der Waals surface area contributed by atoms with Crippen LogP contribution in [0.5, 0.6) is 11.5 Å². The van der Waals surface area contributed by atoms with Crippen molar-refractivity contribution in [2.24, 2.45) is 14.1 Å². The fourth-order valence-corrected chi connectivity index (χ4v) is 8.01. The third-order valence-electron chi connectivity index (χ3n) is 11.7. The highest BCUT2D eigenvalue weighted by Gasteiger charge is 2.37. The van der Waals surface area contributed by atoms with Crippen molar-refractivity contribution in [2.75, 3.05) is 62.4 Å². The third-order valence-corrected chi connectivity index (χ3v) is 11.7. The van der Waals surface area contributed by atoms with Gasteiger partial charge < -0.3 is 28.7 Å². The number of benzene rings is 2. The number of ether oxygens (including phenoxy) is 4. The van der Waals surface area contributed by atoms with Gasteiger partial charge in [0.1, 0.15) is 29.7 Å². The molecule has 3 aliphatic rings. The van der Waals surface area contributed by atoms with E-state index in [0.29, 0.717) is 84.5 Å². The molecule has 1 atom stereocenters. The van der Waals surface area contributed by atoms with Crippen molar-refractivity contribution in [3.8, 4) is 11.5 Å². The molecule has 2 aliphatic heterocycles. The predicted octanol–water partition coefficient (Wildman–Crippen LogP) is 4.75. The standard InChI is InChI=1S/C22H29F3N4O5.C22H25F3N4O4/c1-3-32-14-15-33-13-12-29-21(31)27(2)20(30)19(26-29)28-10-8-16(9-11-28)34-18-7-5-4-6-17(18)22(23,24)25;1-27-20(31)19(26-29(21(27)32)16-7-3-4-8-17(16)30)28-12-10-14(11-13-28)33-18-9-5-2-6-15(18)22(23,24)25/h4-7,16H,3,8-15H2,1-2H3;2,5-6,9,14,16H,3-4,7-8,10-13H2,1H3. The highest BCUT2D eigenvalue weighted by molar-refractivity contribution is 5.83. The second-order valence-corrected chi connectivity index (χ2v) is 16.2. The average Bonchev–Trinajstić information content (AvgIpc) is 3.30. The highest BCUT2D eigenvalue weighted by Crippen LogP contribution is 2.38. The molecule has 4 heterocycles. The summed E-state index contributed by atoms with van der Waals surface area (Å²) in [6, 6.07) is 9.50. The Morgan fingerprint density at radius 1 is 0.612 bits per heavy atom. The maximum absolute atomic E-state index is 13.2. The summed E-state index contributed by atoms with van der Waals surface area (Å²) < 4.78 is 106. The van der Waals surface area contributed by atoms with Gasteiger partial charge in [-0.15, -0.1) is 10.2 Å². The van der Waals surface area contributed by atoms with Crippen LogP contribution >= 0.6 is 0 Å². The number of para-hydroxylation sites is 2. The minimum atomic E-state index is -4.52. The number of hydrogen-bond donors (Lipinski definition) is 0. The molecule has 2 saturated heterocycles. The molecule has 2 aromatic carbocycles. The number of Topliss-reactive ketones (excluding diaryl/α,β-unsaturated/α-hetero) is 1. The maximum atomic E-state index is 13.2. The number of alkyl halides is 6. The lowest BCUT2D eigenvalue weighted by atomic mass is 9.94. The number of hydrogen-bond acceptors (Lipinski definition) is 13. The first-order chi connectivity index (χ1) is 31.9. The molecule has 2 aromatic heterocycles. The third kappa shape index (κ3) is 12.5. The molecule has 0 spiro atoms. The van der Waals surface area contributed by atoms with Gasteiger partial charge in [0.25, 0.3) is 11.1 Å². The van der Waals surface area contributed by atoms with Gasteiger partial charge >= 0.3 is 23.7 Å². The summed E-state index contributed by atoms with van der Waals surface area (Å²) in [5.41, 5.74) is -3.92. The molecular weight excluding hydrogens is 899 g/mol. The molecule has 1 aliphatic carbocycles. The van der Waals surface area contributed by atoms with Gasteiger partial charge in [-0.2, -0.15) is 26.3 Å². The minimum Gasteiger partial charge on any atom is -0.490 e. The monoisotopic (exact) mass is 952 g/mol. The Hall–Kier alpha value is -5.97. The number of carbonyl (C=O) groups excluding carboxylic acids is 1. The fraction of sp³-hybridized carbons (Fsp3) is 0.568. The topological polar surface area (TPSA) is 174 Å². The smallest absolute Gasteiger partial charge is 0.419 e. The molecule has 1 unspecified atom stereocenters. The summed E-state index contributed by atoms with van der Waals surface area (Å²) in [7, 11) is 2.73. The lowest BCUT2D eigenvalue weighted by Gasteiger charge is -2.33. The van der Waals surface area contributed by atoms with Crippen molar-refractivity contribution in [1.82, 2.24) is 28.7 Å². The van der Waals surface area contributed by atoms with Gasteiger partial charge in [-0.1, -0.05) is 30.7 Å². The zero-order valence-electron chi connectivity index (χ0n) is 37.4. The summed E-state index contributed by atoms with van der Waals surface area (Å²) in [6.45, 7) is 5.03. The van der Waals surface area contributed by atoms with Gasteiger partial charge in [-0.3, -0.25) is 23.5 Å². The zero-order valence-corrected chi connectivity index (χ0v) is 37.4. The highest BCUT2D eigenvalue weighted by atomic mass is 19.4. The lowest BCUT2D eigenvalue weighted by Crippen LogP contribution is -2.48. The number of ketones is 1. The number of piperidine rings is 2. The van der Waals surface area contributed by atoms with Crippen LogP contribution in [0.1, 0.15) is 75.5 Å². The Bertz CT molecular complexity index is 2560. The molecule has 23 heteroatoms. The summed E-state index contributed by atoms with van der Waals surface area (Å²) in [5.74, 6) is -0.326. The van der Waals surface area contributed by atoms with Gasteiger partial charge in [-0.25, -0.2) is 19.0 Å². The lowest BCUT2D eigenvalue weighted by molar-refractivity contribution is -0.140. The van der Waals surface area contributed by atoms with E-state index in [0.717, 1.165) is 38.8 Å². The first-order valence-electron chi connectivity index (χ1n) is 22.1. The van der Waals surface area contributed by atoms with Crippen LogP contribution in [0.2, 0.25) is 0 Å². The van der Waals surface area contributed by atoms with Crippen molar-refractivity contribution in [3.63, 3.8) is 0 Å². The first-order valence-corrected chi connectivity index (χ1v) is 22.1. The molecule has 3 fully saturated rings. The Balaban J connectivity index is 0.000000221. The Morgan fingerprint density at radius 3 is 1.58 bits per heavy atom. The number of halogens is 6. The Kier molecular flexibility index (Phi) is 16.7. The summed E-state index contributed by atoms with van der Waals surface area (Å²) >= 11 is 0. The molecule has 0 radical (unpaired) electrons. The van der Waals surface area contributed by atoms with Crippen molar-refractivity contribution in [1.29, 1.82) is 0 Å². The molecule has 1 saturated carbocycles. The van der Waals surface area contributed by atoms with Crippen molar-refractivity contribution in [2.45, 2.75) is 95.4 Å². The first kappa shape index (κ1) is 50.4. The second kappa shape index (κ2) is 22.2. The Labute approximate surface area is 380 Å². The van der Waals surface area contributed by atoms with Crippen LogP contribution in [0.25, 0.3) is 0 Å². The van der Waals surface area contributed by atoms with E-state index < -0.39 is 64.2 Å². The van der Waals surface area contributed by atoms with Gasteiger partial charge in [0.2, 0.25) is 11.6 Å². The molecule has 67 heavy (non-hydrogen) atoms. The van der Waals surface area contributed by atoms with E-state index in [9.17, 15) is 50.3 Å². The van der Waals surface area contributed by atoms with Gasteiger partial charge in [-0.05, 0) is 44.0 Å². The van der Waals surface area contributed by atoms with Gasteiger partial charge in [0.05, 0.1) is 37.5 Å². The second-order valence-electron chi connectivity index (χ2n) is 16.2. The molecule has 0 N–H and O–H groups in total. The predicted molar refractivity (Wildman–Crippen MR) is 232 cm³/mol. The number of nitrogens with zero attached hydrogens (tertiary/aromatic N) is 8. The van der Waals surface area contributed by atoms with E-state index in [4.69, 9.17) is 18.9 Å². The van der Waals surface area contributed by atoms with Crippen LogP contribution in [0.3, 0.4) is 0 Å². The van der Waals surface area contributed by atoms with E-state index in [1.807, 2.05) is 6.92 Å². The summed E-state index contributed by atoms with van der Waals surface area (Å²) in [6.07, 6.45) is -5.93. The average molecular weight is 953 g/mol. The van der Waals surface area contributed by atoms with Gasteiger partial charge in [0.15, 0.2) is 5.78 Å². The van der Waals surface area contributed by atoms with Crippen LogP contribution in [-0.2, 0) is 47.3 Å². The van der Waals surface area contributed by atoms with Crippen molar-refractivity contribution >= 4 is 17.4 Å². The summed E-state index contributed by atoms with van der Waals surface area (Å²) in [4.78, 5) is 66.2. The van der Waals surface area contributed by atoms with E-state index in [-0.39, 0.29) is 42.1 Å². The maximum Gasteiger partial charge on any atom is 0.419 e. The molecule has 17 nitrogen and oxygen atoms in total. The molecular formula is C44H54F6N8O9. The number of anilines is 2. The number of carbonyl (C=O) groups is 1. The molecule has 0 amide bonds. The molecule has 4 aromatic rings. The molecule has 366 valence electrons. The minimum absolute atomic E-state index is 0.0598. The van der Waals surface area contributed by atoms with Gasteiger partial charge in [0, 0.05) is 79.0 Å². The van der Waals surface area contributed by atoms with Crippen LogP contribution in [0, 0.1) is 0 Å². The Morgan fingerprint density at radius 2 is 1.09 bits per heavy atom. The fourth-order valence-electron chi connectivity index (χ4n) is 8.01. The number of rotatable bonds is 14. The normalized spacial score (nSPS) is 17.6.